The van der Waals surface area contributed by atoms with Crippen LogP contribution < -0.4 is 0 Å². The number of hydrogen-bond acceptors (Lipinski definition) is 1. The van der Waals surface area contributed by atoms with Crippen molar-refractivity contribution < 1.29 is 21.1 Å². The number of benzene rings is 7. The molecule has 0 aliphatic rings. The molecule has 4 nitrogen and oxygen atoms in total. The summed E-state index contributed by atoms with van der Waals surface area (Å²) < 4.78 is 6.73. The van der Waals surface area contributed by atoms with Crippen LogP contribution in [0.3, 0.4) is 0 Å². The van der Waals surface area contributed by atoms with E-state index in [4.69, 9.17) is 4.98 Å². The Kier molecular flexibility index (Phi) is 10.7. The summed E-state index contributed by atoms with van der Waals surface area (Å²) in [6.45, 7) is 9.14. The Morgan fingerprint density at radius 1 is 0.557 bits per heavy atom. The molecule has 0 fully saturated rings. The van der Waals surface area contributed by atoms with Crippen LogP contribution in [0.15, 0.2) is 182 Å². The fourth-order valence-corrected chi connectivity index (χ4v) is 9.51. The number of aromatic nitrogens is 4. The van der Waals surface area contributed by atoms with E-state index in [0.29, 0.717) is 11.8 Å². The Morgan fingerprint density at radius 2 is 1.15 bits per heavy atom. The minimum Gasteiger partial charge on any atom is -0.319 e. The number of rotatable bonds is 9. The summed E-state index contributed by atoms with van der Waals surface area (Å²) in [5.41, 5.74) is 14.1. The number of pyridine rings is 1. The number of imidazole rings is 1. The van der Waals surface area contributed by atoms with Crippen LogP contribution in [0.4, 0.5) is 0 Å². The topological polar surface area (TPSA) is 27.7 Å². The second kappa shape index (κ2) is 16.3. The van der Waals surface area contributed by atoms with Gasteiger partial charge in [-0.1, -0.05) is 136 Å². The van der Waals surface area contributed by atoms with E-state index < -0.39 is 5.41 Å². The Labute approximate surface area is 373 Å². The van der Waals surface area contributed by atoms with Crippen LogP contribution >= 0.6 is 0 Å². The molecule has 302 valence electrons. The molecule has 0 radical (unpaired) electrons. The fourth-order valence-electron chi connectivity index (χ4n) is 9.51. The molecule has 7 aromatic carbocycles. The summed E-state index contributed by atoms with van der Waals surface area (Å²) in [5.74, 6) is 1.61. The number of nitrogens with zero attached hydrogens (tertiary/aromatic N) is 4. The van der Waals surface area contributed by atoms with Crippen molar-refractivity contribution in [2.75, 3.05) is 0 Å². The first-order valence-electron chi connectivity index (χ1n) is 21.0. The zero-order valence-corrected chi connectivity index (χ0v) is 37.4. The number of hydrogen-bond donors (Lipinski definition) is 0. The molecule has 10 rings (SSSR count). The average molecular weight is 971 g/mol. The Balaban J connectivity index is 0.00000476. The average Bonchev–Trinajstić information content (AvgIpc) is 3.81. The molecule has 3 aromatic heterocycles. The minimum atomic E-state index is -0.781. The van der Waals surface area contributed by atoms with Gasteiger partial charge < -0.3 is 4.57 Å². The SMILES string of the molecule is CC(C)c1cccc(C(C)C)c1-c1ccnc(-n2c3[c-]c(C(c4[c-]c(-n5[cH+]n(C)c6ccccc65)ccc4)(c4ccccc4)c4ccccc4)ccc3c3ccccc32)c1.[Pt]. The molecular formula is C56H47N4Pt-. The van der Waals surface area contributed by atoms with Gasteiger partial charge in [-0.05, 0) is 80.9 Å². The third kappa shape index (κ3) is 6.65. The molecule has 10 aromatic rings. The summed E-state index contributed by atoms with van der Waals surface area (Å²) in [5, 5.41) is 2.30. The molecule has 0 N–H and O–H groups in total. The zero-order chi connectivity index (χ0) is 41.0. The van der Waals surface area contributed by atoms with E-state index >= 15 is 0 Å². The number of para-hydroxylation sites is 3. The van der Waals surface area contributed by atoms with E-state index in [1.807, 2.05) is 6.20 Å². The molecule has 0 saturated heterocycles. The molecule has 0 atom stereocenters. The summed E-state index contributed by atoms with van der Waals surface area (Å²) in [6.07, 6.45) is 4.12. The van der Waals surface area contributed by atoms with Crippen LogP contribution in [0.5, 0.6) is 0 Å². The maximum Gasteiger partial charge on any atom is 0.188 e. The fraction of sp³-hybridized carbons (Fsp3) is 0.143. The van der Waals surface area contributed by atoms with Crippen LogP contribution in [0.2, 0.25) is 0 Å². The predicted octanol–water partition coefficient (Wildman–Crippen LogP) is 13.6. The molecule has 0 unspecified atom stereocenters. The van der Waals surface area contributed by atoms with Crippen molar-refractivity contribution in [2.45, 2.75) is 44.9 Å². The van der Waals surface area contributed by atoms with Gasteiger partial charge in [-0.25, -0.2) is 14.1 Å². The molecule has 3 heterocycles. The van der Waals surface area contributed by atoms with Crippen LogP contribution in [0.1, 0.15) is 72.9 Å². The van der Waals surface area contributed by atoms with Gasteiger partial charge in [0.2, 0.25) is 0 Å². The minimum absolute atomic E-state index is 0. The van der Waals surface area contributed by atoms with Crippen LogP contribution in [0, 0.1) is 12.1 Å². The second-order valence-electron chi connectivity index (χ2n) is 16.5. The molecule has 0 aliphatic carbocycles. The van der Waals surface area contributed by atoms with Gasteiger partial charge in [-0.2, -0.15) is 30.3 Å². The first kappa shape index (κ1) is 40.1. The molecule has 0 spiro atoms. The molecule has 0 saturated carbocycles. The monoisotopic (exact) mass is 970 g/mol. The Bertz CT molecular complexity index is 3110. The maximum absolute atomic E-state index is 5.13. The smallest absolute Gasteiger partial charge is 0.188 e. The molecule has 0 bridgehead atoms. The first-order valence-corrected chi connectivity index (χ1v) is 21.0. The van der Waals surface area contributed by atoms with Gasteiger partial charge in [0.05, 0.1) is 0 Å². The summed E-state index contributed by atoms with van der Waals surface area (Å²) in [7, 11) is 2.10. The van der Waals surface area contributed by atoms with E-state index in [9.17, 15) is 0 Å². The van der Waals surface area contributed by atoms with Crippen LogP contribution in [0.25, 0.3) is 55.5 Å². The first-order chi connectivity index (χ1) is 29.3. The van der Waals surface area contributed by atoms with Gasteiger partial charge >= 0.3 is 0 Å². The molecule has 0 aliphatic heterocycles. The van der Waals surface area contributed by atoms with Gasteiger partial charge in [-0.15, -0.1) is 22.6 Å². The van der Waals surface area contributed by atoms with Crippen molar-refractivity contribution in [2.24, 2.45) is 7.05 Å². The van der Waals surface area contributed by atoms with Crippen molar-refractivity contribution in [1.29, 1.82) is 0 Å². The van der Waals surface area contributed by atoms with Gasteiger partial charge in [0.25, 0.3) is 0 Å². The van der Waals surface area contributed by atoms with Gasteiger partial charge in [-0.3, -0.25) is 0 Å². The quantitative estimate of drug-likeness (QED) is 0.105. The van der Waals surface area contributed by atoms with Crippen LogP contribution in [-0.4, -0.2) is 18.7 Å². The van der Waals surface area contributed by atoms with Gasteiger partial charge in [0.15, 0.2) is 17.4 Å². The number of fused-ring (bicyclic) bond motifs is 4. The van der Waals surface area contributed by atoms with E-state index in [0.717, 1.165) is 61.2 Å². The standard InChI is InChI=1S/C56H47N4.Pt/c1-38(2)46-25-17-26-47(39(3)4)55(46)40-32-33-57-54(34-40)60-50-27-13-12-24-48(50)49-31-30-44(36-53(49)60)56(41-18-8-6-9-19-41,42-20-10-7-11-21-42)43-22-16-23-45(35-43)59-37-58(5)51-28-14-15-29-52(51)59;/h6-34,37-39H,1-5H3;/q-1;. The van der Waals surface area contributed by atoms with E-state index in [2.05, 4.69) is 237 Å². The third-order valence-corrected chi connectivity index (χ3v) is 12.3. The summed E-state index contributed by atoms with van der Waals surface area (Å²) in [4.78, 5) is 5.13. The van der Waals surface area contributed by atoms with E-state index in [1.165, 1.54) is 27.6 Å². The Morgan fingerprint density at radius 3 is 1.82 bits per heavy atom. The van der Waals surface area contributed by atoms with Crippen molar-refractivity contribution in [3.05, 3.63) is 228 Å². The molecule has 0 amide bonds. The Hall–Kier alpha value is -6.35. The summed E-state index contributed by atoms with van der Waals surface area (Å²) >= 11 is 0. The summed E-state index contributed by atoms with van der Waals surface area (Å²) in [6, 6.07) is 69.4. The molecule has 5 heteroatoms. The third-order valence-electron chi connectivity index (χ3n) is 12.3. The maximum atomic E-state index is 5.13. The van der Waals surface area contributed by atoms with Crippen molar-refractivity contribution >= 4 is 32.8 Å². The predicted molar refractivity (Wildman–Crippen MR) is 248 cm³/mol. The van der Waals surface area contributed by atoms with E-state index in [1.54, 1.807) is 0 Å². The van der Waals surface area contributed by atoms with Gasteiger partial charge in [0.1, 0.15) is 5.82 Å². The van der Waals surface area contributed by atoms with E-state index in [-0.39, 0.29) is 21.1 Å². The molecule has 61 heavy (non-hydrogen) atoms. The van der Waals surface area contributed by atoms with Crippen molar-refractivity contribution in [3.63, 3.8) is 0 Å². The number of aryl methyl sites for hydroxylation is 1. The largest absolute Gasteiger partial charge is 0.319 e. The normalized spacial score (nSPS) is 11.9. The molecular weight excluding hydrogens is 924 g/mol. The van der Waals surface area contributed by atoms with Gasteiger partial charge in [0, 0.05) is 63.1 Å². The van der Waals surface area contributed by atoms with Crippen LogP contribution in [-0.2, 0) is 33.5 Å². The second-order valence-corrected chi connectivity index (χ2v) is 16.5. The van der Waals surface area contributed by atoms with Crippen molar-refractivity contribution in [1.82, 2.24) is 18.7 Å². The van der Waals surface area contributed by atoms with Crippen molar-refractivity contribution in [3.8, 4) is 22.6 Å². The zero-order valence-electron chi connectivity index (χ0n) is 35.1.